The zero-order valence-corrected chi connectivity index (χ0v) is 27.3. The predicted molar refractivity (Wildman–Crippen MR) is 162 cm³/mol. The molecule has 1 saturated carbocycles. The van der Waals surface area contributed by atoms with E-state index in [0.29, 0.717) is 29.3 Å². The Hall–Kier alpha value is -3.48. The Labute approximate surface area is 265 Å². The molecular weight excluding hydrogens is 611 g/mol. The van der Waals surface area contributed by atoms with Gasteiger partial charge in [-0.15, -0.1) is 11.3 Å². The van der Waals surface area contributed by atoms with Crippen molar-refractivity contribution in [3.05, 3.63) is 51.5 Å². The molecule has 248 valence electrons. The number of esters is 2. The lowest BCUT2D eigenvalue weighted by molar-refractivity contribution is -0.148. The molecule has 0 radical (unpaired) electrons. The Bertz CT molecular complexity index is 1330. The Kier molecular flexibility index (Phi) is 12.5. The highest BCUT2D eigenvalue weighted by atomic mass is 32.1. The van der Waals surface area contributed by atoms with Crippen molar-refractivity contribution in [3.8, 4) is 0 Å². The average Bonchev–Trinajstić information content (AvgIpc) is 3.64. The van der Waals surface area contributed by atoms with E-state index in [4.69, 9.17) is 9.47 Å². The van der Waals surface area contributed by atoms with Crippen LogP contribution in [-0.4, -0.2) is 59.9 Å². The van der Waals surface area contributed by atoms with Crippen LogP contribution in [0.15, 0.2) is 29.6 Å². The molecule has 0 aliphatic heterocycles. The largest absolute Gasteiger partial charge is 0.469 e. The van der Waals surface area contributed by atoms with Gasteiger partial charge in [-0.25, -0.2) is 4.98 Å². The summed E-state index contributed by atoms with van der Waals surface area (Å²) in [6.45, 7) is 6.90. The zero-order chi connectivity index (χ0) is 33.5. The van der Waals surface area contributed by atoms with Crippen LogP contribution in [0.1, 0.15) is 92.5 Å². The van der Waals surface area contributed by atoms with Gasteiger partial charge in [0.2, 0.25) is 5.91 Å². The summed E-state index contributed by atoms with van der Waals surface area (Å²) in [6, 6.07) is 3.76. The third-order valence-electron chi connectivity index (χ3n) is 7.95. The van der Waals surface area contributed by atoms with Crippen molar-refractivity contribution in [2.24, 2.45) is 17.8 Å². The van der Waals surface area contributed by atoms with Gasteiger partial charge in [-0.3, -0.25) is 19.2 Å². The van der Waals surface area contributed by atoms with Crippen LogP contribution in [0.4, 0.5) is 13.2 Å². The summed E-state index contributed by atoms with van der Waals surface area (Å²) in [7, 11) is 3.01. The molecule has 1 fully saturated rings. The first-order valence-electron chi connectivity index (χ1n) is 15.0. The zero-order valence-electron chi connectivity index (χ0n) is 26.5. The van der Waals surface area contributed by atoms with E-state index in [9.17, 15) is 32.3 Å². The number of benzene rings is 1. The third-order valence-corrected chi connectivity index (χ3v) is 8.89. The number of thiazole rings is 1. The van der Waals surface area contributed by atoms with E-state index >= 15 is 0 Å². The molecule has 0 bridgehead atoms. The standard InChI is InChI=1S/C32H42F3N3O6S/c1-18(2)26(38(5)28(40)15-22-7-8-22)16-27(44-20(4)39)30-37-25(17-45-30)29(41)36-24(13-19(3)31(42)43-6)14-21-9-11-23(12-10-21)32(33,34)35/h9-12,17-19,22,24,26-27H,7-8,13-16H2,1-6H3,(H,36,41)/t19?,24-,26?,27?/m1/s1. The van der Waals surface area contributed by atoms with Gasteiger partial charge in [0, 0.05) is 44.3 Å². The normalized spacial score (nSPS) is 16.0. The minimum Gasteiger partial charge on any atom is -0.469 e. The molecule has 0 saturated heterocycles. The molecule has 2 amide bonds. The molecule has 1 aromatic heterocycles. The van der Waals surface area contributed by atoms with E-state index in [1.807, 2.05) is 13.8 Å². The Morgan fingerprint density at radius 2 is 1.73 bits per heavy atom. The number of nitrogens with one attached hydrogen (secondary N) is 1. The topological polar surface area (TPSA) is 115 Å². The molecule has 9 nitrogen and oxygen atoms in total. The van der Waals surface area contributed by atoms with Crippen molar-refractivity contribution in [2.75, 3.05) is 14.2 Å². The number of amides is 2. The molecule has 3 unspecified atom stereocenters. The van der Waals surface area contributed by atoms with Gasteiger partial charge in [0.1, 0.15) is 10.7 Å². The summed E-state index contributed by atoms with van der Waals surface area (Å²) in [6.07, 6.45) is -2.04. The van der Waals surface area contributed by atoms with Crippen LogP contribution < -0.4 is 5.32 Å². The third kappa shape index (κ3) is 10.8. The highest BCUT2D eigenvalue weighted by Crippen LogP contribution is 2.35. The number of methoxy groups -OCH3 is 1. The molecule has 1 aliphatic rings. The van der Waals surface area contributed by atoms with Crippen LogP contribution in [-0.2, 0) is 36.5 Å². The summed E-state index contributed by atoms with van der Waals surface area (Å²) in [5, 5.41) is 4.79. The monoisotopic (exact) mass is 653 g/mol. The molecule has 13 heteroatoms. The summed E-state index contributed by atoms with van der Waals surface area (Å²) < 4.78 is 49.6. The van der Waals surface area contributed by atoms with Gasteiger partial charge < -0.3 is 19.7 Å². The number of halogens is 3. The van der Waals surface area contributed by atoms with Gasteiger partial charge in [-0.05, 0) is 55.2 Å². The Morgan fingerprint density at radius 3 is 2.27 bits per heavy atom. The van der Waals surface area contributed by atoms with Crippen LogP contribution >= 0.6 is 11.3 Å². The van der Waals surface area contributed by atoms with Crippen LogP contribution in [0.3, 0.4) is 0 Å². The first kappa shape index (κ1) is 36.0. The van der Waals surface area contributed by atoms with Crippen molar-refractivity contribution in [2.45, 2.75) is 90.6 Å². The minimum atomic E-state index is -4.48. The second-order valence-electron chi connectivity index (χ2n) is 12.1. The van der Waals surface area contributed by atoms with E-state index in [1.165, 1.54) is 31.5 Å². The summed E-state index contributed by atoms with van der Waals surface area (Å²) in [5.74, 6) is -1.63. The summed E-state index contributed by atoms with van der Waals surface area (Å²) >= 11 is 1.15. The number of alkyl halides is 3. The number of nitrogens with zero attached hydrogens (tertiary/aromatic N) is 2. The van der Waals surface area contributed by atoms with Crippen LogP contribution in [0, 0.1) is 17.8 Å². The number of hydrogen-bond donors (Lipinski definition) is 1. The van der Waals surface area contributed by atoms with Gasteiger partial charge in [-0.2, -0.15) is 13.2 Å². The second-order valence-corrected chi connectivity index (χ2v) is 13.0. The number of rotatable bonds is 15. The highest BCUT2D eigenvalue weighted by Gasteiger charge is 2.34. The lowest BCUT2D eigenvalue weighted by Gasteiger charge is -2.33. The number of ether oxygens (including phenoxy) is 2. The molecular formula is C32H42F3N3O6S. The van der Waals surface area contributed by atoms with Crippen molar-refractivity contribution < 1.29 is 41.8 Å². The van der Waals surface area contributed by atoms with Gasteiger partial charge in [0.15, 0.2) is 6.10 Å². The Balaban J connectivity index is 1.78. The summed E-state index contributed by atoms with van der Waals surface area (Å²) in [5.41, 5.74) is -0.181. The predicted octanol–water partition coefficient (Wildman–Crippen LogP) is 5.98. The number of carbonyl (C=O) groups excluding carboxylic acids is 4. The first-order chi connectivity index (χ1) is 21.1. The molecule has 2 aromatic rings. The maximum atomic E-state index is 13.4. The number of carbonyl (C=O) groups is 4. The summed E-state index contributed by atoms with van der Waals surface area (Å²) in [4.78, 5) is 56.6. The van der Waals surface area contributed by atoms with Gasteiger partial charge in [0.05, 0.1) is 18.6 Å². The molecule has 3 rings (SSSR count). The maximum absolute atomic E-state index is 13.4. The van der Waals surface area contributed by atoms with Crippen molar-refractivity contribution in [1.82, 2.24) is 15.2 Å². The number of aromatic nitrogens is 1. The smallest absolute Gasteiger partial charge is 0.416 e. The molecule has 1 aliphatic carbocycles. The molecule has 0 spiro atoms. The van der Waals surface area contributed by atoms with E-state index in [2.05, 4.69) is 10.3 Å². The van der Waals surface area contributed by atoms with Crippen molar-refractivity contribution in [3.63, 3.8) is 0 Å². The number of hydrogen-bond acceptors (Lipinski definition) is 8. The molecule has 45 heavy (non-hydrogen) atoms. The molecule has 1 heterocycles. The quantitative estimate of drug-likeness (QED) is 0.235. The minimum absolute atomic E-state index is 0.0391. The van der Waals surface area contributed by atoms with E-state index in [1.54, 1.807) is 18.9 Å². The van der Waals surface area contributed by atoms with Crippen LogP contribution in [0.5, 0.6) is 0 Å². The maximum Gasteiger partial charge on any atom is 0.416 e. The van der Waals surface area contributed by atoms with E-state index in [-0.39, 0.29) is 36.4 Å². The van der Waals surface area contributed by atoms with Crippen molar-refractivity contribution >= 4 is 35.1 Å². The lowest BCUT2D eigenvalue weighted by Crippen LogP contribution is -2.42. The van der Waals surface area contributed by atoms with Gasteiger partial charge in [0.25, 0.3) is 5.91 Å². The van der Waals surface area contributed by atoms with Gasteiger partial charge in [-0.1, -0.05) is 32.9 Å². The van der Waals surface area contributed by atoms with E-state index in [0.717, 1.165) is 36.3 Å². The molecule has 1 aromatic carbocycles. The second kappa shape index (κ2) is 15.7. The SMILES string of the molecule is COC(=O)C(C)C[C@H](Cc1ccc(C(F)(F)F)cc1)NC(=O)c1csc(C(CC(C(C)C)N(C)C(=O)CC2CC2)OC(C)=O)n1. The first-order valence-corrected chi connectivity index (χ1v) is 15.9. The van der Waals surface area contributed by atoms with Gasteiger partial charge >= 0.3 is 18.1 Å². The van der Waals surface area contributed by atoms with E-state index < -0.39 is 47.6 Å². The Morgan fingerprint density at radius 1 is 1.09 bits per heavy atom. The van der Waals surface area contributed by atoms with Crippen LogP contribution in [0.25, 0.3) is 0 Å². The van der Waals surface area contributed by atoms with Crippen LogP contribution in [0.2, 0.25) is 0 Å². The average molecular weight is 654 g/mol. The molecule has 1 N–H and O–H groups in total. The molecule has 4 atom stereocenters. The highest BCUT2D eigenvalue weighted by molar-refractivity contribution is 7.09. The fourth-order valence-corrected chi connectivity index (χ4v) is 6.06. The lowest BCUT2D eigenvalue weighted by atomic mass is 9.95. The van der Waals surface area contributed by atoms with Crippen molar-refractivity contribution in [1.29, 1.82) is 0 Å². The fourth-order valence-electron chi connectivity index (χ4n) is 5.23. The fraction of sp³-hybridized carbons (Fsp3) is 0.594.